The summed E-state index contributed by atoms with van der Waals surface area (Å²) < 4.78 is 13.6. The number of halogens is 1. The summed E-state index contributed by atoms with van der Waals surface area (Å²) in [6.07, 6.45) is 2.87. The fourth-order valence-corrected chi connectivity index (χ4v) is 3.18. The first kappa shape index (κ1) is 19.1. The zero-order chi connectivity index (χ0) is 19.2. The van der Waals surface area contributed by atoms with Crippen molar-refractivity contribution in [2.75, 3.05) is 38.1 Å². The topological polar surface area (TPSA) is 35.6 Å². The smallest absolute Gasteiger partial charge is 0.244 e. The number of carbonyl (C=O) groups is 1. The van der Waals surface area contributed by atoms with Crippen molar-refractivity contribution in [1.82, 2.24) is 10.2 Å². The van der Waals surface area contributed by atoms with E-state index in [9.17, 15) is 9.18 Å². The summed E-state index contributed by atoms with van der Waals surface area (Å²) in [7, 11) is 2.14. The van der Waals surface area contributed by atoms with E-state index in [-0.39, 0.29) is 17.8 Å². The molecule has 1 atom stereocenters. The van der Waals surface area contributed by atoms with Crippen molar-refractivity contribution in [3.63, 3.8) is 0 Å². The fourth-order valence-electron chi connectivity index (χ4n) is 3.18. The van der Waals surface area contributed by atoms with Crippen molar-refractivity contribution >= 4 is 17.7 Å². The number of rotatable bonds is 5. The fraction of sp³-hybridized carbons (Fsp3) is 0.318. The van der Waals surface area contributed by atoms with Crippen molar-refractivity contribution in [2.45, 2.75) is 13.0 Å². The standard InChI is InChI=1S/C22H26FN3O/c1-17(24-22(27)11-10-18-6-3-4-9-21(18)23)19-7-5-8-20(16-19)26-14-12-25(2)13-15-26/h3-11,16-17H,12-15H2,1-2H3,(H,24,27)/t17-/m0/s1. The van der Waals surface area contributed by atoms with Crippen LogP contribution < -0.4 is 10.2 Å². The predicted octanol–water partition coefficient (Wildman–Crippen LogP) is 3.47. The third kappa shape index (κ3) is 5.17. The first-order valence-corrected chi connectivity index (χ1v) is 9.29. The Morgan fingerprint density at radius 2 is 1.85 bits per heavy atom. The highest BCUT2D eigenvalue weighted by atomic mass is 19.1. The Kier molecular flexibility index (Phi) is 6.24. The largest absolute Gasteiger partial charge is 0.369 e. The van der Waals surface area contributed by atoms with E-state index in [1.807, 2.05) is 19.1 Å². The summed E-state index contributed by atoms with van der Waals surface area (Å²) in [5.41, 5.74) is 2.64. The number of hydrogen-bond acceptors (Lipinski definition) is 3. The molecule has 1 saturated heterocycles. The Bertz CT molecular complexity index is 813. The minimum absolute atomic E-state index is 0.129. The molecule has 1 N–H and O–H groups in total. The van der Waals surface area contributed by atoms with Crippen LogP contribution in [0.3, 0.4) is 0 Å². The highest BCUT2D eigenvalue weighted by molar-refractivity contribution is 5.92. The van der Waals surface area contributed by atoms with Crippen LogP contribution in [-0.2, 0) is 4.79 Å². The monoisotopic (exact) mass is 367 g/mol. The number of hydrogen-bond donors (Lipinski definition) is 1. The molecule has 0 radical (unpaired) electrons. The minimum Gasteiger partial charge on any atom is -0.369 e. The molecule has 0 bridgehead atoms. The Morgan fingerprint density at radius 1 is 1.11 bits per heavy atom. The third-order valence-electron chi connectivity index (χ3n) is 4.92. The van der Waals surface area contributed by atoms with Gasteiger partial charge >= 0.3 is 0 Å². The Labute approximate surface area is 160 Å². The lowest BCUT2D eigenvalue weighted by Crippen LogP contribution is -2.44. The zero-order valence-corrected chi connectivity index (χ0v) is 15.9. The van der Waals surface area contributed by atoms with Gasteiger partial charge in [0.1, 0.15) is 5.82 Å². The van der Waals surface area contributed by atoms with E-state index in [0.717, 1.165) is 31.7 Å². The average molecular weight is 367 g/mol. The molecule has 0 unspecified atom stereocenters. The maximum Gasteiger partial charge on any atom is 0.244 e. The number of carbonyl (C=O) groups excluding carboxylic acids is 1. The van der Waals surface area contributed by atoms with Crippen LogP contribution >= 0.6 is 0 Å². The van der Waals surface area contributed by atoms with Gasteiger partial charge in [-0.2, -0.15) is 0 Å². The van der Waals surface area contributed by atoms with Gasteiger partial charge in [-0.1, -0.05) is 30.3 Å². The molecule has 1 amide bonds. The van der Waals surface area contributed by atoms with Crippen LogP contribution in [0.2, 0.25) is 0 Å². The van der Waals surface area contributed by atoms with Crippen LogP contribution in [0.4, 0.5) is 10.1 Å². The second kappa shape index (κ2) is 8.82. The average Bonchev–Trinajstić information content (AvgIpc) is 2.68. The van der Waals surface area contributed by atoms with Crippen molar-refractivity contribution in [3.8, 4) is 0 Å². The molecule has 5 heteroatoms. The maximum absolute atomic E-state index is 13.6. The molecule has 0 spiro atoms. The van der Waals surface area contributed by atoms with Crippen LogP contribution in [0.1, 0.15) is 24.1 Å². The molecule has 2 aromatic carbocycles. The molecule has 0 saturated carbocycles. The molecule has 1 fully saturated rings. The second-order valence-corrected chi connectivity index (χ2v) is 6.97. The van der Waals surface area contributed by atoms with E-state index in [0.29, 0.717) is 5.56 Å². The van der Waals surface area contributed by atoms with Gasteiger partial charge < -0.3 is 15.1 Å². The van der Waals surface area contributed by atoms with Gasteiger partial charge in [0.05, 0.1) is 6.04 Å². The molecule has 0 aromatic heterocycles. The zero-order valence-electron chi connectivity index (χ0n) is 15.9. The maximum atomic E-state index is 13.6. The number of amides is 1. The molecule has 1 aliphatic heterocycles. The molecule has 1 heterocycles. The summed E-state index contributed by atoms with van der Waals surface area (Å²) in [6, 6.07) is 14.6. The Hall–Kier alpha value is -2.66. The van der Waals surface area contributed by atoms with Gasteiger partial charge in [-0.3, -0.25) is 4.79 Å². The van der Waals surface area contributed by atoms with Crippen LogP contribution in [-0.4, -0.2) is 44.0 Å². The van der Waals surface area contributed by atoms with E-state index >= 15 is 0 Å². The lowest BCUT2D eigenvalue weighted by molar-refractivity contribution is -0.117. The molecule has 0 aliphatic carbocycles. The molecule has 1 aliphatic rings. The van der Waals surface area contributed by atoms with E-state index in [4.69, 9.17) is 0 Å². The van der Waals surface area contributed by atoms with Crippen LogP contribution in [0, 0.1) is 5.82 Å². The molecular weight excluding hydrogens is 341 g/mol. The summed E-state index contributed by atoms with van der Waals surface area (Å²) in [6.45, 7) is 6.07. The summed E-state index contributed by atoms with van der Waals surface area (Å²) >= 11 is 0. The lowest BCUT2D eigenvalue weighted by Gasteiger charge is -2.34. The minimum atomic E-state index is -0.338. The van der Waals surface area contributed by atoms with E-state index < -0.39 is 0 Å². The number of nitrogens with zero attached hydrogens (tertiary/aromatic N) is 2. The first-order valence-electron chi connectivity index (χ1n) is 9.29. The lowest BCUT2D eigenvalue weighted by atomic mass is 10.1. The summed E-state index contributed by atoms with van der Waals surface area (Å²) in [5.74, 6) is -0.578. The Balaban J connectivity index is 1.62. The van der Waals surface area contributed by atoms with Crippen LogP contribution in [0.15, 0.2) is 54.6 Å². The SMILES string of the molecule is C[C@H](NC(=O)C=Cc1ccccc1F)c1cccc(N2CCN(C)CC2)c1. The van der Waals surface area contributed by atoms with Gasteiger partial charge in [-0.25, -0.2) is 4.39 Å². The third-order valence-corrected chi connectivity index (χ3v) is 4.92. The van der Waals surface area contributed by atoms with Crippen LogP contribution in [0.5, 0.6) is 0 Å². The Morgan fingerprint density at radius 3 is 2.59 bits per heavy atom. The van der Waals surface area contributed by atoms with Crippen molar-refractivity contribution in [2.24, 2.45) is 0 Å². The second-order valence-electron chi connectivity index (χ2n) is 6.97. The highest BCUT2D eigenvalue weighted by Gasteiger charge is 2.15. The summed E-state index contributed by atoms with van der Waals surface area (Å²) in [5, 5.41) is 2.95. The molecule has 2 aromatic rings. The van der Waals surface area contributed by atoms with Gasteiger partial charge in [0, 0.05) is 43.5 Å². The number of anilines is 1. The van der Waals surface area contributed by atoms with E-state index in [1.54, 1.807) is 18.2 Å². The molecule has 4 nitrogen and oxygen atoms in total. The highest BCUT2D eigenvalue weighted by Crippen LogP contribution is 2.22. The number of benzene rings is 2. The van der Waals surface area contributed by atoms with Gasteiger partial charge in [0.25, 0.3) is 0 Å². The van der Waals surface area contributed by atoms with Gasteiger partial charge in [0.15, 0.2) is 0 Å². The van der Waals surface area contributed by atoms with Crippen molar-refractivity contribution in [3.05, 3.63) is 71.6 Å². The van der Waals surface area contributed by atoms with Gasteiger partial charge in [-0.05, 0) is 43.8 Å². The van der Waals surface area contributed by atoms with E-state index in [1.165, 1.54) is 23.9 Å². The number of piperazine rings is 1. The van der Waals surface area contributed by atoms with Gasteiger partial charge in [0.2, 0.25) is 5.91 Å². The van der Waals surface area contributed by atoms with Crippen molar-refractivity contribution in [1.29, 1.82) is 0 Å². The summed E-state index contributed by atoms with van der Waals surface area (Å²) in [4.78, 5) is 16.9. The van der Waals surface area contributed by atoms with E-state index in [2.05, 4.69) is 34.3 Å². The predicted molar refractivity (Wildman–Crippen MR) is 108 cm³/mol. The van der Waals surface area contributed by atoms with Crippen molar-refractivity contribution < 1.29 is 9.18 Å². The molecule has 27 heavy (non-hydrogen) atoms. The quantitative estimate of drug-likeness (QED) is 0.822. The number of nitrogens with one attached hydrogen (secondary N) is 1. The van der Waals surface area contributed by atoms with Gasteiger partial charge in [-0.15, -0.1) is 0 Å². The first-order chi connectivity index (χ1) is 13.0. The van der Waals surface area contributed by atoms with Crippen LogP contribution in [0.25, 0.3) is 6.08 Å². The molecule has 142 valence electrons. The normalized spacial score (nSPS) is 16.5. The number of likely N-dealkylation sites (N-methyl/N-ethyl adjacent to an activating group) is 1. The molecule has 3 rings (SSSR count). The molecular formula is C22H26FN3O.